The van der Waals surface area contributed by atoms with Gasteiger partial charge < -0.3 is 20.1 Å². The van der Waals surface area contributed by atoms with Gasteiger partial charge in [-0.3, -0.25) is 14.4 Å². The van der Waals surface area contributed by atoms with Crippen molar-refractivity contribution in [1.29, 1.82) is 0 Å². The van der Waals surface area contributed by atoms with E-state index in [-0.39, 0.29) is 35.9 Å². The third-order valence-electron chi connectivity index (χ3n) is 6.62. The lowest BCUT2D eigenvalue weighted by atomic mass is 9.93. The number of fused-ring (bicyclic) bond motifs is 3. The zero-order valence-electron chi connectivity index (χ0n) is 20.8. The van der Waals surface area contributed by atoms with Crippen molar-refractivity contribution in [2.75, 3.05) is 11.9 Å². The Kier molecular flexibility index (Phi) is 6.84. The van der Waals surface area contributed by atoms with Crippen LogP contribution in [0.15, 0.2) is 42.5 Å². The van der Waals surface area contributed by atoms with Gasteiger partial charge in [0.1, 0.15) is 22.9 Å². The van der Waals surface area contributed by atoms with E-state index in [0.717, 1.165) is 6.42 Å². The van der Waals surface area contributed by atoms with Crippen molar-refractivity contribution in [3.63, 3.8) is 0 Å². The quantitative estimate of drug-likeness (QED) is 0.507. The summed E-state index contributed by atoms with van der Waals surface area (Å²) in [6.07, 6.45) is 0.757. The number of carbonyl (C=O) groups excluding carboxylic acids is 3. The molecule has 0 aliphatic carbocycles. The number of nitrogens with one attached hydrogen (secondary N) is 2. The Labute approximate surface area is 208 Å². The first-order chi connectivity index (χ1) is 17.0. The third-order valence-corrected chi connectivity index (χ3v) is 6.62. The van der Waals surface area contributed by atoms with Crippen LogP contribution in [-0.2, 0) is 22.7 Å². The molecule has 190 valence electrons. The first-order valence-electron chi connectivity index (χ1n) is 12.0. The van der Waals surface area contributed by atoms with E-state index in [1.807, 2.05) is 13.8 Å². The highest BCUT2D eigenvalue weighted by Gasteiger charge is 2.49. The molecule has 3 aromatic rings. The van der Waals surface area contributed by atoms with Crippen LogP contribution in [0.25, 0.3) is 10.9 Å². The van der Waals surface area contributed by atoms with E-state index < -0.39 is 29.0 Å². The molecule has 2 aromatic carbocycles. The maximum atomic E-state index is 14.6. The average Bonchev–Trinajstić information content (AvgIpc) is 3.09. The zero-order chi connectivity index (χ0) is 26.2. The van der Waals surface area contributed by atoms with Gasteiger partial charge in [-0.2, -0.15) is 0 Å². The predicted octanol–water partition coefficient (Wildman–Crippen LogP) is 4.45. The Balaban J connectivity index is 1.87. The SMILES string of the molecule is CC(=O)Nc1c2n(c3ccc(F)cc13)CC(C)(C(=O)NCCC(C)C)N(Cc1ccccc1F)C2=O. The first kappa shape index (κ1) is 25.3. The minimum Gasteiger partial charge on any atom is -0.354 e. The van der Waals surface area contributed by atoms with Crippen LogP contribution in [0.1, 0.15) is 50.2 Å². The van der Waals surface area contributed by atoms with E-state index >= 15 is 0 Å². The number of hydrogen-bond donors (Lipinski definition) is 2. The summed E-state index contributed by atoms with van der Waals surface area (Å²) in [6.45, 7) is 7.34. The molecule has 0 fully saturated rings. The van der Waals surface area contributed by atoms with Crippen molar-refractivity contribution in [1.82, 2.24) is 14.8 Å². The molecule has 0 spiro atoms. The standard InChI is InChI=1S/C27H30F2N4O3/c1-16(2)11-12-30-26(36)27(4)15-32-22-10-9-19(28)13-20(22)23(31-17(3)34)24(32)25(35)33(27)14-18-7-5-6-8-21(18)29/h5-10,13,16H,11-12,14-15H2,1-4H3,(H,30,36)(H,31,34). The van der Waals surface area contributed by atoms with Gasteiger partial charge in [0.2, 0.25) is 11.8 Å². The Morgan fingerprint density at radius 2 is 1.86 bits per heavy atom. The van der Waals surface area contributed by atoms with Crippen molar-refractivity contribution < 1.29 is 23.2 Å². The zero-order valence-corrected chi connectivity index (χ0v) is 20.8. The number of carbonyl (C=O) groups is 3. The Hall–Kier alpha value is -3.75. The Bertz CT molecular complexity index is 1350. The highest BCUT2D eigenvalue weighted by atomic mass is 19.1. The normalized spacial score (nSPS) is 17.4. The van der Waals surface area contributed by atoms with Gasteiger partial charge in [-0.15, -0.1) is 0 Å². The molecule has 0 bridgehead atoms. The summed E-state index contributed by atoms with van der Waals surface area (Å²) in [7, 11) is 0. The number of nitrogens with zero attached hydrogens (tertiary/aromatic N) is 2. The van der Waals surface area contributed by atoms with Gasteiger partial charge in [-0.1, -0.05) is 32.0 Å². The minimum atomic E-state index is -1.38. The molecule has 1 atom stereocenters. The van der Waals surface area contributed by atoms with Gasteiger partial charge in [0.15, 0.2) is 0 Å². The van der Waals surface area contributed by atoms with E-state index in [4.69, 9.17) is 0 Å². The van der Waals surface area contributed by atoms with E-state index in [9.17, 15) is 23.2 Å². The molecule has 7 nitrogen and oxygen atoms in total. The molecule has 2 N–H and O–H groups in total. The predicted molar refractivity (Wildman–Crippen MR) is 133 cm³/mol. The number of aromatic nitrogens is 1. The summed E-state index contributed by atoms with van der Waals surface area (Å²) in [6, 6.07) is 10.1. The number of rotatable bonds is 7. The van der Waals surface area contributed by atoms with Crippen LogP contribution in [0.3, 0.4) is 0 Å². The monoisotopic (exact) mass is 496 g/mol. The van der Waals surface area contributed by atoms with Crippen molar-refractivity contribution in [2.45, 2.75) is 52.7 Å². The topological polar surface area (TPSA) is 83.4 Å². The molecule has 1 unspecified atom stereocenters. The first-order valence-corrected chi connectivity index (χ1v) is 12.0. The molecular weight excluding hydrogens is 466 g/mol. The largest absolute Gasteiger partial charge is 0.354 e. The highest BCUT2D eigenvalue weighted by Crippen LogP contribution is 2.39. The van der Waals surface area contributed by atoms with Crippen molar-refractivity contribution >= 4 is 34.3 Å². The summed E-state index contributed by atoms with van der Waals surface area (Å²) >= 11 is 0. The van der Waals surface area contributed by atoms with Crippen LogP contribution in [0.5, 0.6) is 0 Å². The van der Waals surface area contributed by atoms with Crippen LogP contribution in [0.4, 0.5) is 14.5 Å². The van der Waals surface area contributed by atoms with Gasteiger partial charge in [-0.05, 0) is 43.5 Å². The molecule has 3 amide bonds. The Morgan fingerprint density at radius 1 is 1.14 bits per heavy atom. The van der Waals surface area contributed by atoms with Crippen LogP contribution >= 0.6 is 0 Å². The molecule has 36 heavy (non-hydrogen) atoms. The number of amides is 3. The summed E-state index contributed by atoms with van der Waals surface area (Å²) in [4.78, 5) is 41.0. The fourth-order valence-corrected chi connectivity index (χ4v) is 4.66. The van der Waals surface area contributed by atoms with Crippen LogP contribution in [0, 0.1) is 17.6 Å². The van der Waals surface area contributed by atoms with Gasteiger partial charge in [0.05, 0.1) is 24.3 Å². The molecule has 9 heteroatoms. The lowest BCUT2D eigenvalue weighted by molar-refractivity contribution is -0.133. The summed E-state index contributed by atoms with van der Waals surface area (Å²) in [5.74, 6) is -2.02. The fraction of sp³-hybridized carbons (Fsp3) is 0.370. The maximum absolute atomic E-state index is 14.6. The Morgan fingerprint density at radius 3 is 2.53 bits per heavy atom. The number of hydrogen-bond acceptors (Lipinski definition) is 3. The van der Waals surface area contributed by atoms with E-state index in [2.05, 4.69) is 10.6 Å². The third kappa shape index (κ3) is 4.57. The average molecular weight is 497 g/mol. The summed E-state index contributed by atoms with van der Waals surface area (Å²) in [5, 5.41) is 5.95. The number of benzene rings is 2. The molecular formula is C27H30F2N4O3. The molecule has 0 saturated heterocycles. The lowest BCUT2D eigenvalue weighted by Gasteiger charge is -2.44. The second kappa shape index (κ2) is 9.72. The van der Waals surface area contributed by atoms with Crippen molar-refractivity contribution in [3.8, 4) is 0 Å². The van der Waals surface area contributed by atoms with Gasteiger partial charge >= 0.3 is 0 Å². The van der Waals surface area contributed by atoms with Gasteiger partial charge in [0, 0.05) is 24.4 Å². The highest BCUT2D eigenvalue weighted by molar-refractivity contribution is 6.14. The molecule has 2 heterocycles. The molecule has 4 rings (SSSR count). The van der Waals surface area contributed by atoms with Crippen LogP contribution < -0.4 is 10.6 Å². The molecule has 0 saturated carbocycles. The number of anilines is 1. The summed E-state index contributed by atoms with van der Waals surface area (Å²) in [5.41, 5.74) is -0.326. The smallest absolute Gasteiger partial charge is 0.273 e. The molecule has 1 aromatic heterocycles. The van der Waals surface area contributed by atoms with Crippen LogP contribution in [-0.4, -0.2) is 39.3 Å². The molecule has 1 aliphatic rings. The van der Waals surface area contributed by atoms with E-state index in [1.165, 1.54) is 36.1 Å². The maximum Gasteiger partial charge on any atom is 0.273 e. The van der Waals surface area contributed by atoms with Crippen LogP contribution in [0.2, 0.25) is 0 Å². The van der Waals surface area contributed by atoms with E-state index in [1.54, 1.807) is 29.7 Å². The van der Waals surface area contributed by atoms with Crippen molar-refractivity contribution in [2.24, 2.45) is 5.92 Å². The number of halogens is 2. The van der Waals surface area contributed by atoms with Gasteiger partial charge in [0.25, 0.3) is 5.91 Å². The minimum absolute atomic E-state index is 0.0394. The van der Waals surface area contributed by atoms with Crippen molar-refractivity contribution in [3.05, 3.63) is 65.4 Å². The van der Waals surface area contributed by atoms with Gasteiger partial charge in [-0.25, -0.2) is 8.78 Å². The summed E-state index contributed by atoms with van der Waals surface area (Å²) < 4.78 is 30.5. The molecule has 1 aliphatic heterocycles. The van der Waals surface area contributed by atoms with E-state index in [0.29, 0.717) is 23.4 Å². The second-order valence-corrected chi connectivity index (χ2v) is 9.85. The molecule has 0 radical (unpaired) electrons. The lowest BCUT2D eigenvalue weighted by Crippen LogP contribution is -2.63. The fourth-order valence-electron chi connectivity index (χ4n) is 4.66. The second-order valence-electron chi connectivity index (χ2n) is 9.85.